The molecule has 0 fully saturated rings. The number of para-hydroxylation sites is 1. The molecule has 2 amide bonds. The SMILES string of the molecule is COc1ccccc1CNC(=O)CN1NC(c2ccccc2)=CCC1=O. The van der Waals surface area contributed by atoms with E-state index in [1.807, 2.05) is 60.7 Å². The first-order chi connectivity index (χ1) is 12.7. The molecule has 0 spiro atoms. The van der Waals surface area contributed by atoms with Crippen LogP contribution in [0.2, 0.25) is 0 Å². The molecular formula is C20H21N3O3. The number of nitrogens with one attached hydrogen (secondary N) is 2. The maximum absolute atomic E-state index is 12.3. The van der Waals surface area contributed by atoms with Gasteiger partial charge in [0.25, 0.3) is 0 Å². The number of carbonyl (C=O) groups is 2. The second-order valence-corrected chi connectivity index (χ2v) is 5.87. The summed E-state index contributed by atoms with van der Waals surface area (Å²) in [5.41, 5.74) is 5.70. The maximum atomic E-state index is 12.3. The molecule has 1 aliphatic rings. The Balaban J connectivity index is 1.58. The second-order valence-electron chi connectivity index (χ2n) is 5.87. The monoisotopic (exact) mass is 351 g/mol. The first kappa shape index (κ1) is 17.5. The molecule has 0 radical (unpaired) electrons. The van der Waals surface area contributed by atoms with E-state index < -0.39 is 0 Å². The first-order valence-electron chi connectivity index (χ1n) is 8.38. The quantitative estimate of drug-likeness (QED) is 0.836. The van der Waals surface area contributed by atoms with Crippen molar-refractivity contribution in [2.75, 3.05) is 13.7 Å². The predicted octanol–water partition coefficient (Wildman–Crippen LogP) is 2.09. The Kier molecular flexibility index (Phi) is 5.53. The lowest BCUT2D eigenvalue weighted by atomic mass is 10.1. The molecule has 2 N–H and O–H groups in total. The number of rotatable bonds is 6. The first-order valence-corrected chi connectivity index (χ1v) is 8.38. The number of hydrogen-bond donors (Lipinski definition) is 2. The lowest BCUT2D eigenvalue weighted by molar-refractivity contribution is -0.137. The van der Waals surface area contributed by atoms with Crippen LogP contribution < -0.4 is 15.5 Å². The predicted molar refractivity (Wildman–Crippen MR) is 98.7 cm³/mol. The lowest BCUT2D eigenvalue weighted by Gasteiger charge is -2.28. The van der Waals surface area contributed by atoms with Crippen molar-refractivity contribution in [1.29, 1.82) is 0 Å². The summed E-state index contributed by atoms with van der Waals surface area (Å²) in [4.78, 5) is 24.4. The van der Waals surface area contributed by atoms with Gasteiger partial charge in [-0.3, -0.25) is 15.0 Å². The molecule has 0 saturated carbocycles. The van der Waals surface area contributed by atoms with Crippen molar-refractivity contribution in [3.05, 3.63) is 71.8 Å². The zero-order valence-corrected chi connectivity index (χ0v) is 14.6. The lowest BCUT2D eigenvalue weighted by Crippen LogP contribution is -2.49. The topological polar surface area (TPSA) is 70.7 Å². The van der Waals surface area contributed by atoms with E-state index in [1.54, 1.807) is 7.11 Å². The van der Waals surface area contributed by atoms with Crippen LogP contribution in [0.3, 0.4) is 0 Å². The van der Waals surface area contributed by atoms with E-state index in [9.17, 15) is 9.59 Å². The normalized spacial score (nSPS) is 13.7. The molecule has 3 rings (SSSR count). The highest BCUT2D eigenvalue weighted by atomic mass is 16.5. The van der Waals surface area contributed by atoms with Gasteiger partial charge in [-0.05, 0) is 17.7 Å². The summed E-state index contributed by atoms with van der Waals surface area (Å²) >= 11 is 0. The summed E-state index contributed by atoms with van der Waals surface area (Å²) in [6, 6.07) is 17.2. The molecule has 0 atom stereocenters. The van der Waals surface area contributed by atoms with Crippen LogP contribution in [0.1, 0.15) is 17.5 Å². The Morgan fingerprint density at radius 1 is 1.15 bits per heavy atom. The number of benzene rings is 2. The van der Waals surface area contributed by atoms with Gasteiger partial charge < -0.3 is 10.1 Å². The number of methoxy groups -OCH3 is 1. The fraction of sp³-hybridized carbons (Fsp3) is 0.200. The van der Waals surface area contributed by atoms with Crippen LogP contribution in [0.4, 0.5) is 0 Å². The molecule has 6 nitrogen and oxygen atoms in total. The molecule has 6 heteroatoms. The van der Waals surface area contributed by atoms with Crippen LogP contribution in [-0.4, -0.2) is 30.5 Å². The minimum atomic E-state index is -0.244. The van der Waals surface area contributed by atoms with Gasteiger partial charge in [0.05, 0.1) is 12.8 Å². The summed E-state index contributed by atoms with van der Waals surface area (Å²) in [5, 5.41) is 4.17. The van der Waals surface area contributed by atoms with Gasteiger partial charge in [-0.25, -0.2) is 5.01 Å². The van der Waals surface area contributed by atoms with Crippen LogP contribution >= 0.6 is 0 Å². The van der Waals surface area contributed by atoms with Crippen LogP contribution in [0.25, 0.3) is 5.70 Å². The fourth-order valence-corrected chi connectivity index (χ4v) is 2.72. The van der Waals surface area contributed by atoms with E-state index in [-0.39, 0.29) is 24.8 Å². The summed E-state index contributed by atoms with van der Waals surface area (Å²) in [7, 11) is 1.59. The number of carbonyl (C=O) groups excluding carboxylic acids is 2. The average Bonchev–Trinajstić information content (AvgIpc) is 2.69. The standard InChI is InChI=1S/C20H21N3O3/c1-26-18-10-6-5-9-16(18)13-21-19(24)14-23-20(25)12-11-17(22-23)15-7-3-2-4-8-15/h2-11,22H,12-14H2,1H3,(H,21,24). The Bertz CT molecular complexity index is 818. The highest BCUT2D eigenvalue weighted by Crippen LogP contribution is 2.18. The summed E-state index contributed by atoms with van der Waals surface area (Å²) in [6.45, 7) is 0.282. The van der Waals surface area contributed by atoms with Gasteiger partial charge in [-0.15, -0.1) is 0 Å². The Labute approximate surface area is 152 Å². The average molecular weight is 351 g/mol. The minimum absolute atomic E-state index is 0.0574. The number of ether oxygens (including phenoxy) is 1. The molecule has 1 aliphatic heterocycles. The highest BCUT2D eigenvalue weighted by Gasteiger charge is 2.22. The van der Waals surface area contributed by atoms with Crippen LogP contribution in [0, 0.1) is 0 Å². The molecule has 0 aromatic heterocycles. The number of hydrogen-bond acceptors (Lipinski definition) is 4. The summed E-state index contributed by atoms with van der Waals surface area (Å²) in [5.74, 6) is 0.331. The molecule has 134 valence electrons. The molecule has 0 bridgehead atoms. The molecule has 2 aromatic carbocycles. The molecule has 0 aliphatic carbocycles. The molecule has 26 heavy (non-hydrogen) atoms. The molecular weight excluding hydrogens is 330 g/mol. The van der Waals surface area contributed by atoms with Crippen LogP contribution in [0.5, 0.6) is 5.75 Å². The van der Waals surface area contributed by atoms with Gasteiger partial charge in [0.2, 0.25) is 11.8 Å². The number of nitrogens with zero attached hydrogens (tertiary/aromatic N) is 1. The van der Waals surface area contributed by atoms with E-state index in [0.29, 0.717) is 12.3 Å². The molecule has 0 saturated heterocycles. The van der Waals surface area contributed by atoms with E-state index >= 15 is 0 Å². The van der Waals surface area contributed by atoms with Crippen molar-refractivity contribution in [2.24, 2.45) is 0 Å². The zero-order valence-electron chi connectivity index (χ0n) is 14.6. The van der Waals surface area contributed by atoms with E-state index in [0.717, 1.165) is 16.8 Å². The summed E-state index contributed by atoms with van der Waals surface area (Å²) < 4.78 is 5.27. The highest BCUT2D eigenvalue weighted by molar-refractivity contribution is 5.88. The van der Waals surface area contributed by atoms with E-state index in [1.165, 1.54) is 5.01 Å². The van der Waals surface area contributed by atoms with Gasteiger partial charge in [0.1, 0.15) is 12.3 Å². The number of amides is 2. The Morgan fingerprint density at radius 2 is 1.88 bits per heavy atom. The van der Waals surface area contributed by atoms with Crippen LogP contribution in [-0.2, 0) is 16.1 Å². The minimum Gasteiger partial charge on any atom is -0.496 e. The van der Waals surface area contributed by atoms with Gasteiger partial charge in [-0.2, -0.15) is 0 Å². The fourth-order valence-electron chi connectivity index (χ4n) is 2.72. The van der Waals surface area contributed by atoms with Crippen LogP contribution in [0.15, 0.2) is 60.7 Å². The van der Waals surface area contributed by atoms with Crippen molar-refractivity contribution < 1.29 is 14.3 Å². The van der Waals surface area contributed by atoms with E-state index in [4.69, 9.17) is 4.74 Å². The third-order valence-corrected chi connectivity index (χ3v) is 4.09. The van der Waals surface area contributed by atoms with Gasteiger partial charge in [-0.1, -0.05) is 48.5 Å². The largest absolute Gasteiger partial charge is 0.496 e. The third-order valence-electron chi connectivity index (χ3n) is 4.09. The molecule has 1 heterocycles. The van der Waals surface area contributed by atoms with Crippen molar-refractivity contribution in [2.45, 2.75) is 13.0 Å². The molecule has 2 aromatic rings. The summed E-state index contributed by atoms with van der Waals surface area (Å²) in [6.07, 6.45) is 2.10. The Morgan fingerprint density at radius 3 is 2.65 bits per heavy atom. The van der Waals surface area contributed by atoms with Crippen molar-refractivity contribution >= 4 is 17.5 Å². The molecule has 0 unspecified atom stereocenters. The van der Waals surface area contributed by atoms with Crippen molar-refractivity contribution in [3.63, 3.8) is 0 Å². The third kappa shape index (κ3) is 4.22. The van der Waals surface area contributed by atoms with Gasteiger partial charge in [0.15, 0.2) is 0 Å². The Hall–Kier alpha value is -3.28. The van der Waals surface area contributed by atoms with Crippen molar-refractivity contribution in [1.82, 2.24) is 15.8 Å². The smallest absolute Gasteiger partial charge is 0.245 e. The second kappa shape index (κ2) is 8.20. The van der Waals surface area contributed by atoms with Crippen molar-refractivity contribution in [3.8, 4) is 5.75 Å². The number of hydrazine groups is 1. The zero-order chi connectivity index (χ0) is 18.4. The van der Waals surface area contributed by atoms with Gasteiger partial charge in [0, 0.05) is 18.5 Å². The van der Waals surface area contributed by atoms with Gasteiger partial charge >= 0.3 is 0 Å². The maximum Gasteiger partial charge on any atom is 0.245 e. The van der Waals surface area contributed by atoms with E-state index in [2.05, 4.69) is 10.7 Å².